The Morgan fingerprint density at radius 3 is 2.34 bits per heavy atom. The van der Waals surface area contributed by atoms with Gasteiger partial charge in [0.25, 0.3) is 5.91 Å². The number of likely N-dealkylation sites (tertiary alicyclic amines) is 1. The molecule has 0 bridgehead atoms. The van der Waals surface area contributed by atoms with Crippen LogP contribution in [0.25, 0.3) is 0 Å². The average molecular weight is 410 g/mol. The molecule has 2 heterocycles. The van der Waals surface area contributed by atoms with E-state index in [1.54, 1.807) is 0 Å². The van der Waals surface area contributed by atoms with Crippen molar-refractivity contribution in [3.63, 3.8) is 0 Å². The van der Waals surface area contributed by atoms with Crippen molar-refractivity contribution in [3.8, 4) is 5.75 Å². The maximum Gasteiger partial charge on any atom is 0.262 e. The van der Waals surface area contributed by atoms with Gasteiger partial charge < -0.3 is 14.5 Å². The molecule has 0 unspecified atom stereocenters. The average Bonchev–Trinajstić information content (AvgIpc) is 2.94. The maximum atomic E-state index is 13.2. The molecule has 2 aromatic rings. The van der Waals surface area contributed by atoms with Crippen LogP contribution in [0.4, 0.5) is 18.9 Å². The summed E-state index contributed by atoms with van der Waals surface area (Å²) in [6.07, 6.45) is 5.77. The molecule has 0 atom stereocenters. The Balaban J connectivity index is 1.55. The molecule has 6 nitrogen and oxygen atoms in total. The third kappa shape index (κ3) is 5.83. The van der Waals surface area contributed by atoms with Gasteiger partial charge in [-0.05, 0) is 25.9 Å². The Morgan fingerprint density at radius 2 is 1.72 bits per heavy atom. The van der Waals surface area contributed by atoms with E-state index in [1.165, 1.54) is 18.9 Å². The van der Waals surface area contributed by atoms with Gasteiger partial charge in [-0.25, -0.2) is 13.2 Å². The summed E-state index contributed by atoms with van der Waals surface area (Å²) in [5.41, 5.74) is -0.706. The van der Waals surface area contributed by atoms with Crippen LogP contribution in [-0.2, 0) is 11.3 Å². The highest BCUT2D eigenvalue weighted by Gasteiger charge is 2.15. The van der Waals surface area contributed by atoms with Gasteiger partial charge in [0.15, 0.2) is 24.1 Å². The molecular formula is C20H21F3N2O4. The lowest BCUT2D eigenvalue weighted by Gasteiger charge is -2.18. The lowest BCUT2D eigenvalue weighted by Crippen LogP contribution is -2.25. The van der Waals surface area contributed by atoms with Gasteiger partial charge in [0.1, 0.15) is 12.0 Å². The minimum Gasteiger partial charge on any atom is -0.477 e. The number of hydrogen-bond donors (Lipinski definition) is 1. The standard InChI is InChI=1S/C20H21F3N2O4/c21-15-7-13(8-16(22)20(15)23)24-19(27)12-29-18-11-28-14(9-17(18)26)10-25-5-3-1-2-4-6-25/h7-9,11H,1-6,10,12H2,(H,24,27). The number of ether oxygens (including phenoxy) is 1. The van der Waals surface area contributed by atoms with Crippen molar-refractivity contribution in [2.75, 3.05) is 25.0 Å². The number of anilines is 1. The van der Waals surface area contributed by atoms with Gasteiger partial charge in [-0.2, -0.15) is 0 Å². The lowest BCUT2D eigenvalue weighted by atomic mass is 10.2. The first-order chi connectivity index (χ1) is 13.9. The summed E-state index contributed by atoms with van der Waals surface area (Å²) in [6, 6.07) is 2.60. The van der Waals surface area contributed by atoms with Crippen molar-refractivity contribution < 1.29 is 27.1 Å². The van der Waals surface area contributed by atoms with Crippen molar-refractivity contribution in [2.24, 2.45) is 0 Å². The number of nitrogens with zero attached hydrogens (tertiary/aromatic N) is 1. The largest absolute Gasteiger partial charge is 0.477 e. The first-order valence-corrected chi connectivity index (χ1v) is 9.33. The molecule has 9 heteroatoms. The summed E-state index contributed by atoms with van der Waals surface area (Å²) >= 11 is 0. The molecule has 3 rings (SSSR count). The summed E-state index contributed by atoms with van der Waals surface area (Å²) in [5, 5.41) is 2.16. The molecule has 0 aliphatic carbocycles. The maximum absolute atomic E-state index is 13.2. The molecule has 1 saturated heterocycles. The molecule has 0 radical (unpaired) electrons. The van der Waals surface area contributed by atoms with E-state index >= 15 is 0 Å². The third-order valence-corrected chi connectivity index (χ3v) is 4.56. The van der Waals surface area contributed by atoms with E-state index in [-0.39, 0.29) is 11.4 Å². The number of benzene rings is 1. The predicted molar refractivity (Wildman–Crippen MR) is 99.2 cm³/mol. The highest BCUT2D eigenvalue weighted by atomic mass is 19.2. The van der Waals surface area contributed by atoms with Crippen molar-refractivity contribution in [2.45, 2.75) is 32.2 Å². The van der Waals surface area contributed by atoms with E-state index in [1.807, 2.05) is 0 Å². The second-order valence-corrected chi connectivity index (χ2v) is 6.86. The predicted octanol–water partition coefficient (Wildman–Crippen LogP) is 3.45. The SMILES string of the molecule is O=C(COc1coc(CN2CCCCCC2)cc1=O)Nc1cc(F)c(F)c(F)c1. The van der Waals surface area contributed by atoms with Crippen molar-refractivity contribution in [1.82, 2.24) is 4.90 Å². The number of hydrogen-bond acceptors (Lipinski definition) is 5. The Kier molecular flexibility index (Phi) is 6.92. The number of carbonyl (C=O) groups excluding carboxylic acids is 1. The zero-order valence-electron chi connectivity index (χ0n) is 15.7. The Labute approximate surface area is 165 Å². The van der Waals surface area contributed by atoms with Gasteiger partial charge in [0.2, 0.25) is 11.2 Å². The van der Waals surface area contributed by atoms with Crippen LogP contribution in [0.2, 0.25) is 0 Å². The Hall–Kier alpha value is -2.81. The van der Waals surface area contributed by atoms with Gasteiger partial charge in [-0.1, -0.05) is 12.8 Å². The van der Waals surface area contributed by atoms with Crippen molar-refractivity contribution in [3.05, 3.63) is 57.9 Å². The number of nitrogens with one attached hydrogen (secondary N) is 1. The summed E-state index contributed by atoms with van der Waals surface area (Å²) in [5.74, 6) is -4.91. The van der Waals surface area contributed by atoms with Gasteiger partial charge in [0, 0.05) is 23.9 Å². The van der Waals surface area contributed by atoms with E-state index in [9.17, 15) is 22.8 Å². The molecule has 1 fully saturated rings. The first-order valence-electron chi connectivity index (χ1n) is 9.33. The van der Waals surface area contributed by atoms with Crippen molar-refractivity contribution in [1.29, 1.82) is 0 Å². The van der Waals surface area contributed by atoms with Gasteiger partial charge in [0.05, 0.1) is 6.54 Å². The lowest BCUT2D eigenvalue weighted by molar-refractivity contribution is -0.118. The minimum absolute atomic E-state index is 0.156. The zero-order chi connectivity index (χ0) is 20.8. The fraction of sp³-hybridized carbons (Fsp3) is 0.400. The second-order valence-electron chi connectivity index (χ2n) is 6.86. The van der Waals surface area contributed by atoms with Crippen LogP contribution < -0.4 is 15.5 Å². The molecule has 0 saturated carbocycles. The van der Waals surface area contributed by atoms with Crippen LogP contribution in [0.15, 0.2) is 33.7 Å². The number of rotatable bonds is 6. The quantitative estimate of drug-likeness (QED) is 0.739. The highest BCUT2D eigenvalue weighted by molar-refractivity contribution is 5.91. The molecule has 1 aliphatic rings. The van der Waals surface area contributed by atoms with Crippen LogP contribution in [0.1, 0.15) is 31.4 Å². The van der Waals surface area contributed by atoms with Crippen LogP contribution in [0.5, 0.6) is 5.75 Å². The highest BCUT2D eigenvalue weighted by Crippen LogP contribution is 2.17. The number of amides is 1. The molecular weight excluding hydrogens is 389 g/mol. The van der Waals surface area contributed by atoms with E-state index in [2.05, 4.69) is 10.2 Å². The second kappa shape index (κ2) is 9.60. The first kappa shape index (κ1) is 20.9. The monoisotopic (exact) mass is 410 g/mol. The third-order valence-electron chi connectivity index (χ3n) is 4.56. The van der Waals surface area contributed by atoms with E-state index < -0.39 is 35.4 Å². The molecule has 1 N–H and O–H groups in total. The van der Waals surface area contributed by atoms with Crippen molar-refractivity contribution >= 4 is 11.6 Å². The molecule has 0 spiro atoms. The summed E-state index contributed by atoms with van der Waals surface area (Å²) in [7, 11) is 0. The van der Waals surface area contributed by atoms with E-state index in [4.69, 9.17) is 9.15 Å². The Morgan fingerprint density at radius 1 is 1.07 bits per heavy atom. The molecule has 1 aromatic carbocycles. The number of carbonyl (C=O) groups is 1. The van der Waals surface area contributed by atoms with E-state index in [0.29, 0.717) is 24.4 Å². The van der Waals surface area contributed by atoms with Gasteiger partial charge >= 0.3 is 0 Å². The summed E-state index contributed by atoms with van der Waals surface area (Å²) in [6.45, 7) is 1.84. The summed E-state index contributed by atoms with van der Waals surface area (Å²) in [4.78, 5) is 26.2. The summed E-state index contributed by atoms with van der Waals surface area (Å²) < 4.78 is 49.8. The van der Waals surface area contributed by atoms with Crippen LogP contribution in [0.3, 0.4) is 0 Å². The molecule has 29 heavy (non-hydrogen) atoms. The van der Waals surface area contributed by atoms with Crippen LogP contribution >= 0.6 is 0 Å². The van der Waals surface area contributed by atoms with Gasteiger partial charge in [-0.3, -0.25) is 14.5 Å². The Bertz CT molecular complexity index is 901. The molecule has 1 amide bonds. The van der Waals surface area contributed by atoms with Crippen LogP contribution in [-0.4, -0.2) is 30.5 Å². The molecule has 1 aromatic heterocycles. The molecule has 156 valence electrons. The fourth-order valence-electron chi connectivity index (χ4n) is 3.11. The topological polar surface area (TPSA) is 71.8 Å². The smallest absolute Gasteiger partial charge is 0.262 e. The minimum atomic E-state index is -1.63. The number of halogens is 3. The fourth-order valence-corrected chi connectivity index (χ4v) is 3.11. The van der Waals surface area contributed by atoms with Crippen LogP contribution in [0, 0.1) is 17.5 Å². The van der Waals surface area contributed by atoms with E-state index in [0.717, 1.165) is 32.2 Å². The molecule has 1 aliphatic heterocycles. The van der Waals surface area contributed by atoms with Gasteiger partial charge in [-0.15, -0.1) is 0 Å². The zero-order valence-corrected chi connectivity index (χ0v) is 15.7. The normalized spacial score (nSPS) is 15.0.